The summed E-state index contributed by atoms with van der Waals surface area (Å²) in [7, 11) is 0. The van der Waals surface area contributed by atoms with Gasteiger partial charge in [0.1, 0.15) is 0 Å². The van der Waals surface area contributed by atoms with Crippen LogP contribution in [0.25, 0.3) is 0 Å². The number of hydrogen-bond donors (Lipinski definition) is 0. The molecule has 70 valence electrons. The Morgan fingerprint density at radius 1 is 1.46 bits per heavy atom. The van der Waals surface area contributed by atoms with Crippen molar-refractivity contribution in [3.63, 3.8) is 0 Å². The fourth-order valence-corrected chi connectivity index (χ4v) is 2.98. The van der Waals surface area contributed by atoms with E-state index in [0.717, 1.165) is 17.7 Å². The molecule has 2 rings (SSSR count). The number of thiophene rings is 1. The summed E-state index contributed by atoms with van der Waals surface area (Å²) in [5.74, 6) is 0. The monoisotopic (exact) mass is 197 g/mol. The molecule has 1 aliphatic rings. The molecule has 0 bridgehead atoms. The van der Waals surface area contributed by atoms with Gasteiger partial charge in [0.05, 0.1) is 4.88 Å². The summed E-state index contributed by atoms with van der Waals surface area (Å²) in [5.41, 5.74) is 1.35. The van der Waals surface area contributed by atoms with Crippen molar-refractivity contribution >= 4 is 11.3 Å². The third-order valence-electron chi connectivity index (χ3n) is 2.33. The van der Waals surface area contributed by atoms with E-state index in [1.54, 1.807) is 11.3 Å². The minimum atomic E-state index is -0.253. The topological polar surface area (TPSA) is 43.1 Å². The number of aryl methyl sites for hydroxylation is 2. The molecule has 1 heterocycles. The second-order valence-electron chi connectivity index (χ2n) is 3.36. The van der Waals surface area contributed by atoms with Crippen molar-refractivity contribution in [2.75, 3.05) is 0 Å². The summed E-state index contributed by atoms with van der Waals surface area (Å²) in [6, 6.07) is 2.02. The average molecular weight is 197 g/mol. The molecular formula is C9H11NO2S. The molecule has 13 heavy (non-hydrogen) atoms. The Hall–Kier alpha value is -0.900. The predicted molar refractivity (Wildman–Crippen MR) is 51.7 cm³/mol. The second kappa shape index (κ2) is 3.46. The fourth-order valence-electron chi connectivity index (χ4n) is 1.76. The Kier molecular flexibility index (Phi) is 2.31. The zero-order valence-electron chi connectivity index (χ0n) is 7.28. The molecule has 0 fully saturated rings. The van der Waals surface area contributed by atoms with Gasteiger partial charge in [-0.3, -0.25) is 10.1 Å². The van der Waals surface area contributed by atoms with Crippen molar-refractivity contribution < 1.29 is 4.92 Å². The molecule has 0 radical (unpaired) electrons. The molecular weight excluding hydrogens is 186 g/mol. The van der Waals surface area contributed by atoms with E-state index in [0.29, 0.717) is 0 Å². The van der Waals surface area contributed by atoms with Crippen LogP contribution in [0.5, 0.6) is 0 Å². The fraction of sp³-hybridized carbons (Fsp3) is 0.556. The first-order valence-corrected chi connectivity index (χ1v) is 5.29. The third-order valence-corrected chi connectivity index (χ3v) is 3.55. The van der Waals surface area contributed by atoms with Crippen molar-refractivity contribution in [3.05, 3.63) is 31.5 Å². The van der Waals surface area contributed by atoms with Gasteiger partial charge < -0.3 is 0 Å². The van der Waals surface area contributed by atoms with Crippen LogP contribution in [-0.2, 0) is 19.4 Å². The number of hydrogen-bond acceptors (Lipinski definition) is 3. The molecule has 4 heteroatoms. The van der Waals surface area contributed by atoms with Gasteiger partial charge in [-0.1, -0.05) is 0 Å². The zero-order valence-corrected chi connectivity index (χ0v) is 8.10. The smallest absolute Gasteiger partial charge is 0.237 e. The predicted octanol–water partition coefficient (Wildman–Crippen LogP) is 2.40. The van der Waals surface area contributed by atoms with Gasteiger partial charge in [0.2, 0.25) is 6.54 Å². The Bertz CT molecular complexity index is 309. The first-order valence-electron chi connectivity index (χ1n) is 4.48. The van der Waals surface area contributed by atoms with Gasteiger partial charge in [0.15, 0.2) is 0 Å². The standard InChI is InChI=1S/C9H11NO2S/c11-10(12)6-8-5-7-3-1-2-4-9(7)13-8/h5H,1-4,6H2. The lowest BCUT2D eigenvalue weighted by Crippen LogP contribution is -1.96. The molecule has 0 amide bonds. The van der Waals surface area contributed by atoms with Gasteiger partial charge in [-0.05, 0) is 37.3 Å². The van der Waals surface area contributed by atoms with E-state index < -0.39 is 0 Å². The highest BCUT2D eigenvalue weighted by Gasteiger charge is 2.15. The first-order chi connectivity index (χ1) is 6.25. The molecule has 0 atom stereocenters. The number of rotatable bonds is 2. The lowest BCUT2D eigenvalue weighted by molar-refractivity contribution is -0.496. The summed E-state index contributed by atoms with van der Waals surface area (Å²) in [4.78, 5) is 12.3. The highest BCUT2D eigenvalue weighted by molar-refractivity contribution is 7.12. The van der Waals surface area contributed by atoms with E-state index in [4.69, 9.17) is 0 Å². The summed E-state index contributed by atoms with van der Waals surface area (Å²) >= 11 is 1.62. The Morgan fingerprint density at radius 2 is 2.23 bits per heavy atom. The minimum Gasteiger partial charge on any atom is -0.264 e. The molecule has 1 aromatic heterocycles. The maximum absolute atomic E-state index is 10.3. The Morgan fingerprint density at radius 3 is 2.92 bits per heavy atom. The van der Waals surface area contributed by atoms with E-state index in [1.165, 1.54) is 23.3 Å². The largest absolute Gasteiger partial charge is 0.264 e. The zero-order chi connectivity index (χ0) is 9.26. The van der Waals surface area contributed by atoms with Gasteiger partial charge in [0, 0.05) is 9.80 Å². The number of fused-ring (bicyclic) bond motifs is 1. The van der Waals surface area contributed by atoms with Gasteiger partial charge in [-0.2, -0.15) is 0 Å². The Labute approximate surface area is 80.5 Å². The normalized spacial score (nSPS) is 15.4. The number of nitrogens with zero attached hydrogens (tertiary/aromatic N) is 1. The lowest BCUT2D eigenvalue weighted by atomic mass is 9.99. The van der Waals surface area contributed by atoms with E-state index in [-0.39, 0.29) is 11.5 Å². The van der Waals surface area contributed by atoms with Crippen LogP contribution in [0.1, 0.15) is 28.2 Å². The molecule has 0 unspecified atom stereocenters. The van der Waals surface area contributed by atoms with Crippen LogP contribution in [0.4, 0.5) is 0 Å². The maximum atomic E-state index is 10.3. The van der Waals surface area contributed by atoms with Crippen LogP contribution in [0.15, 0.2) is 6.07 Å². The van der Waals surface area contributed by atoms with E-state index >= 15 is 0 Å². The van der Waals surface area contributed by atoms with Crippen molar-refractivity contribution in [3.8, 4) is 0 Å². The van der Waals surface area contributed by atoms with E-state index in [9.17, 15) is 10.1 Å². The highest BCUT2D eigenvalue weighted by atomic mass is 32.1. The SMILES string of the molecule is O=[N+]([O-])Cc1cc2c(s1)CCCC2. The minimum absolute atomic E-state index is 0.00231. The van der Waals surface area contributed by atoms with Crippen LogP contribution in [0.3, 0.4) is 0 Å². The third kappa shape index (κ3) is 1.88. The molecule has 0 saturated heterocycles. The highest BCUT2D eigenvalue weighted by Crippen LogP contribution is 2.29. The van der Waals surface area contributed by atoms with Crippen LogP contribution in [0, 0.1) is 10.1 Å². The molecule has 0 aromatic carbocycles. The summed E-state index contributed by atoms with van der Waals surface area (Å²) in [6.45, 7) is -0.00231. The molecule has 0 aliphatic heterocycles. The molecule has 1 aromatic rings. The van der Waals surface area contributed by atoms with Crippen LogP contribution in [-0.4, -0.2) is 4.92 Å². The van der Waals surface area contributed by atoms with Crippen molar-refractivity contribution in [2.24, 2.45) is 0 Å². The maximum Gasteiger partial charge on any atom is 0.237 e. The lowest BCUT2D eigenvalue weighted by Gasteiger charge is -2.08. The Balaban J connectivity index is 2.20. The molecule has 1 aliphatic carbocycles. The van der Waals surface area contributed by atoms with Crippen molar-refractivity contribution in [1.82, 2.24) is 0 Å². The molecule has 0 saturated carbocycles. The van der Waals surface area contributed by atoms with E-state index in [1.807, 2.05) is 6.07 Å². The van der Waals surface area contributed by atoms with Crippen LogP contribution in [0.2, 0.25) is 0 Å². The van der Waals surface area contributed by atoms with Crippen LogP contribution >= 0.6 is 11.3 Å². The van der Waals surface area contributed by atoms with E-state index in [2.05, 4.69) is 0 Å². The van der Waals surface area contributed by atoms with Crippen LogP contribution < -0.4 is 0 Å². The van der Waals surface area contributed by atoms with Gasteiger partial charge in [-0.25, -0.2) is 0 Å². The summed E-state index contributed by atoms with van der Waals surface area (Å²) < 4.78 is 0. The van der Waals surface area contributed by atoms with Crippen molar-refractivity contribution in [2.45, 2.75) is 32.2 Å². The number of nitro groups is 1. The summed E-state index contributed by atoms with van der Waals surface area (Å²) in [5, 5.41) is 10.3. The average Bonchev–Trinajstić information content (AvgIpc) is 2.44. The molecule has 0 spiro atoms. The van der Waals surface area contributed by atoms with Gasteiger partial charge >= 0.3 is 0 Å². The summed E-state index contributed by atoms with van der Waals surface area (Å²) in [6.07, 6.45) is 4.72. The van der Waals surface area contributed by atoms with Gasteiger partial charge in [-0.15, -0.1) is 11.3 Å². The second-order valence-corrected chi connectivity index (χ2v) is 4.58. The first kappa shape index (κ1) is 8.69. The molecule has 3 nitrogen and oxygen atoms in total. The molecule has 0 N–H and O–H groups in total. The quantitative estimate of drug-likeness (QED) is 0.539. The van der Waals surface area contributed by atoms with Crippen molar-refractivity contribution in [1.29, 1.82) is 0 Å². The van der Waals surface area contributed by atoms with Gasteiger partial charge in [0.25, 0.3) is 0 Å².